The summed E-state index contributed by atoms with van der Waals surface area (Å²) >= 11 is 5.98. The number of aryl methyl sites for hydroxylation is 1. The van der Waals surface area contributed by atoms with Crippen LogP contribution in [0, 0.1) is 6.92 Å². The summed E-state index contributed by atoms with van der Waals surface area (Å²) in [6, 6.07) is 13.7. The van der Waals surface area contributed by atoms with Gasteiger partial charge in [0.25, 0.3) is 0 Å². The van der Waals surface area contributed by atoms with Gasteiger partial charge in [0.05, 0.1) is 5.52 Å². The van der Waals surface area contributed by atoms with E-state index in [2.05, 4.69) is 28.3 Å². The Labute approximate surface area is 128 Å². The maximum absolute atomic E-state index is 5.98. The van der Waals surface area contributed by atoms with Crippen LogP contribution in [0.2, 0.25) is 5.02 Å². The molecule has 102 valence electrons. The molecule has 0 radical (unpaired) electrons. The van der Waals surface area contributed by atoms with E-state index in [1.165, 1.54) is 5.56 Å². The van der Waals surface area contributed by atoms with E-state index in [4.69, 9.17) is 11.6 Å². The van der Waals surface area contributed by atoms with Gasteiger partial charge in [-0.15, -0.1) is 12.4 Å². The largest absolute Gasteiger partial charge is 0.339 e. The number of anilines is 2. The van der Waals surface area contributed by atoms with Crippen LogP contribution in [-0.4, -0.2) is 9.97 Å². The molecule has 2 aromatic carbocycles. The molecule has 0 unspecified atom stereocenters. The van der Waals surface area contributed by atoms with E-state index in [-0.39, 0.29) is 12.4 Å². The van der Waals surface area contributed by atoms with Gasteiger partial charge in [-0.3, -0.25) is 0 Å². The van der Waals surface area contributed by atoms with Crippen LogP contribution in [0.15, 0.2) is 48.8 Å². The lowest BCUT2D eigenvalue weighted by molar-refractivity contribution is 1.21. The molecule has 5 heteroatoms. The molecule has 3 aromatic rings. The average Bonchev–Trinajstić information content (AvgIpc) is 2.41. The van der Waals surface area contributed by atoms with Crippen molar-refractivity contribution >= 4 is 46.4 Å². The van der Waals surface area contributed by atoms with Crippen LogP contribution in [0.25, 0.3) is 10.9 Å². The number of para-hydroxylation sites is 1. The molecule has 0 spiro atoms. The van der Waals surface area contributed by atoms with Crippen molar-refractivity contribution in [3.05, 3.63) is 59.4 Å². The first-order valence-electron chi connectivity index (χ1n) is 5.97. The van der Waals surface area contributed by atoms with E-state index in [0.717, 1.165) is 22.4 Å². The fourth-order valence-corrected chi connectivity index (χ4v) is 2.14. The lowest BCUT2D eigenvalue weighted by Gasteiger charge is -2.10. The van der Waals surface area contributed by atoms with Gasteiger partial charge in [-0.05, 0) is 36.8 Å². The van der Waals surface area contributed by atoms with E-state index in [0.29, 0.717) is 5.02 Å². The molecule has 1 N–H and O–H groups in total. The molecule has 20 heavy (non-hydrogen) atoms. The quantitative estimate of drug-likeness (QED) is 0.742. The normalized spacial score (nSPS) is 10.1. The maximum Gasteiger partial charge on any atom is 0.141 e. The average molecular weight is 306 g/mol. The monoisotopic (exact) mass is 305 g/mol. The zero-order chi connectivity index (χ0) is 13.2. The first kappa shape index (κ1) is 14.6. The molecule has 1 heterocycles. The van der Waals surface area contributed by atoms with Crippen molar-refractivity contribution in [2.75, 3.05) is 5.32 Å². The first-order chi connectivity index (χ1) is 9.24. The van der Waals surface area contributed by atoms with Crippen LogP contribution in [0.4, 0.5) is 11.5 Å². The molecule has 3 nitrogen and oxygen atoms in total. The molecule has 0 saturated carbocycles. The van der Waals surface area contributed by atoms with Crippen LogP contribution < -0.4 is 5.32 Å². The number of nitrogens with one attached hydrogen (secondary N) is 1. The van der Waals surface area contributed by atoms with Crippen LogP contribution in [0.1, 0.15) is 5.56 Å². The molecule has 0 fully saturated rings. The smallest absolute Gasteiger partial charge is 0.141 e. The minimum Gasteiger partial charge on any atom is -0.339 e. The third kappa shape index (κ3) is 2.84. The van der Waals surface area contributed by atoms with Gasteiger partial charge < -0.3 is 5.32 Å². The van der Waals surface area contributed by atoms with Gasteiger partial charge in [0.15, 0.2) is 0 Å². The summed E-state index contributed by atoms with van der Waals surface area (Å²) in [6.07, 6.45) is 1.54. The standard InChI is InChI=1S/C15H12ClN3.ClH/c1-10-4-2-3-5-13(10)19-15-12-7-6-11(16)8-14(12)17-9-18-15;/h2-9H,1H3,(H,17,18,19);1H. The second-order valence-electron chi connectivity index (χ2n) is 4.32. The maximum atomic E-state index is 5.98. The minimum atomic E-state index is 0. The second kappa shape index (κ2) is 6.07. The Morgan fingerprint density at radius 3 is 2.65 bits per heavy atom. The van der Waals surface area contributed by atoms with Gasteiger partial charge in [-0.2, -0.15) is 0 Å². The van der Waals surface area contributed by atoms with Gasteiger partial charge >= 0.3 is 0 Å². The van der Waals surface area contributed by atoms with Gasteiger partial charge in [-0.25, -0.2) is 9.97 Å². The fraction of sp³-hybridized carbons (Fsp3) is 0.0667. The lowest BCUT2D eigenvalue weighted by atomic mass is 10.2. The van der Waals surface area contributed by atoms with Gasteiger partial charge in [-0.1, -0.05) is 29.8 Å². The van der Waals surface area contributed by atoms with Crippen LogP contribution in [0.3, 0.4) is 0 Å². The van der Waals surface area contributed by atoms with Crippen LogP contribution in [0.5, 0.6) is 0 Å². The Morgan fingerprint density at radius 1 is 1.05 bits per heavy atom. The van der Waals surface area contributed by atoms with Crippen molar-refractivity contribution in [3.8, 4) is 0 Å². The van der Waals surface area contributed by atoms with Gasteiger partial charge in [0, 0.05) is 16.1 Å². The Bertz CT molecular complexity index is 744. The second-order valence-corrected chi connectivity index (χ2v) is 4.76. The summed E-state index contributed by atoms with van der Waals surface area (Å²) in [7, 11) is 0. The van der Waals surface area contributed by atoms with Crippen molar-refractivity contribution in [1.82, 2.24) is 9.97 Å². The number of fused-ring (bicyclic) bond motifs is 1. The third-order valence-corrected chi connectivity index (χ3v) is 3.23. The van der Waals surface area contributed by atoms with Crippen LogP contribution in [-0.2, 0) is 0 Å². The zero-order valence-corrected chi connectivity index (χ0v) is 12.4. The molecule has 0 aliphatic rings. The Balaban J connectivity index is 0.00000147. The molecular formula is C15H13Cl2N3. The summed E-state index contributed by atoms with van der Waals surface area (Å²) in [5.74, 6) is 0.788. The van der Waals surface area contributed by atoms with E-state index >= 15 is 0 Å². The molecule has 1 aromatic heterocycles. The molecule has 0 saturated heterocycles. The molecule has 3 rings (SSSR count). The summed E-state index contributed by atoms with van der Waals surface area (Å²) in [5.41, 5.74) is 3.04. The number of benzene rings is 2. The van der Waals surface area contributed by atoms with E-state index < -0.39 is 0 Å². The summed E-state index contributed by atoms with van der Waals surface area (Å²) in [5, 5.41) is 4.97. The van der Waals surface area contributed by atoms with E-state index in [9.17, 15) is 0 Å². The number of hydrogen-bond acceptors (Lipinski definition) is 3. The van der Waals surface area contributed by atoms with Crippen molar-refractivity contribution < 1.29 is 0 Å². The minimum absolute atomic E-state index is 0. The van der Waals surface area contributed by atoms with Gasteiger partial charge in [0.1, 0.15) is 12.1 Å². The summed E-state index contributed by atoms with van der Waals surface area (Å²) < 4.78 is 0. The Hall–Kier alpha value is -1.84. The SMILES string of the molecule is Cc1ccccc1Nc1ncnc2cc(Cl)ccc12.Cl. The number of halogens is 2. The Kier molecular flexibility index (Phi) is 4.42. The molecule has 0 aliphatic heterocycles. The summed E-state index contributed by atoms with van der Waals surface area (Å²) in [4.78, 5) is 8.54. The third-order valence-electron chi connectivity index (χ3n) is 3.00. The van der Waals surface area contributed by atoms with Gasteiger partial charge in [0.2, 0.25) is 0 Å². The first-order valence-corrected chi connectivity index (χ1v) is 6.35. The van der Waals surface area contributed by atoms with Crippen molar-refractivity contribution in [2.45, 2.75) is 6.92 Å². The zero-order valence-electron chi connectivity index (χ0n) is 10.8. The Morgan fingerprint density at radius 2 is 1.85 bits per heavy atom. The van der Waals surface area contributed by atoms with Crippen molar-refractivity contribution in [1.29, 1.82) is 0 Å². The topological polar surface area (TPSA) is 37.8 Å². The number of nitrogens with zero attached hydrogens (tertiary/aromatic N) is 2. The van der Waals surface area contributed by atoms with Crippen molar-refractivity contribution in [2.24, 2.45) is 0 Å². The fourth-order valence-electron chi connectivity index (χ4n) is 1.97. The highest BCUT2D eigenvalue weighted by Gasteiger charge is 2.05. The highest BCUT2D eigenvalue weighted by molar-refractivity contribution is 6.31. The number of aromatic nitrogens is 2. The predicted molar refractivity (Wildman–Crippen MR) is 86.3 cm³/mol. The molecule has 0 amide bonds. The highest BCUT2D eigenvalue weighted by Crippen LogP contribution is 2.26. The summed E-state index contributed by atoms with van der Waals surface area (Å²) in [6.45, 7) is 2.06. The lowest BCUT2D eigenvalue weighted by Crippen LogP contribution is -1.97. The predicted octanol–water partition coefficient (Wildman–Crippen LogP) is 4.76. The molecule has 0 atom stereocenters. The molecule has 0 aliphatic carbocycles. The van der Waals surface area contributed by atoms with E-state index in [1.807, 2.05) is 36.4 Å². The highest BCUT2D eigenvalue weighted by atomic mass is 35.5. The number of hydrogen-bond donors (Lipinski definition) is 1. The van der Waals surface area contributed by atoms with Crippen molar-refractivity contribution in [3.63, 3.8) is 0 Å². The molecular weight excluding hydrogens is 293 g/mol. The van der Waals surface area contributed by atoms with E-state index in [1.54, 1.807) is 6.33 Å². The number of rotatable bonds is 2. The van der Waals surface area contributed by atoms with Crippen LogP contribution >= 0.6 is 24.0 Å². The molecule has 0 bridgehead atoms.